The standard InChI is InChI=1S/C37H44O3Si/c1-36-23-22-34-32(18-17-27-25-28(39)21-24-37(27,34)26-38)33(36)19-20-35(36)40-41(29-11-5-2-6-12-29,30-13-7-3-8-14-30)31-15-9-4-10-16-31/h2-16,25,28,32-35,38-39H,17-24,26H2,1H3/t28?,32-,33-,34+,35?,36-,37+/m0/s1. The molecule has 3 aromatic carbocycles. The largest absolute Gasteiger partial charge is 0.401 e. The molecule has 41 heavy (non-hydrogen) atoms. The van der Waals surface area contributed by atoms with E-state index in [2.05, 4.69) is 104 Å². The van der Waals surface area contributed by atoms with Crippen molar-refractivity contribution in [1.29, 1.82) is 0 Å². The van der Waals surface area contributed by atoms with Gasteiger partial charge in [0.25, 0.3) is 8.32 Å². The Hall–Kier alpha value is -2.50. The Morgan fingerprint density at radius 1 is 0.732 bits per heavy atom. The summed E-state index contributed by atoms with van der Waals surface area (Å²) in [6, 6.07) is 33.1. The Morgan fingerprint density at radius 3 is 1.88 bits per heavy atom. The summed E-state index contributed by atoms with van der Waals surface area (Å²) in [7, 11) is -2.79. The number of hydrogen-bond donors (Lipinski definition) is 2. The topological polar surface area (TPSA) is 49.7 Å². The van der Waals surface area contributed by atoms with Gasteiger partial charge in [0, 0.05) is 5.41 Å². The lowest BCUT2D eigenvalue weighted by Crippen LogP contribution is -2.71. The number of aliphatic hydroxyl groups excluding tert-OH is 2. The molecular weight excluding hydrogens is 520 g/mol. The summed E-state index contributed by atoms with van der Waals surface area (Å²) in [6.45, 7) is 2.76. The van der Waals surface area contributed by atoms with Crippen LogP contribution < -0.4 is 15.6 Å². The smallest absolute Gasteiger partial charge is 0.288 e. The number of aliphatic hydroxyl groups is 2. The second kappa shape index (κ2) is 10.6. The highest BCUT2D eigenvalue weighted by Gasteiger charge is 2.61. The van der Waals surface area contributed by atoms with Crippen LogP contribution in [0.2, 0.25) is 0 Å². The monoisotopic (exact) mass is 564 g/mol. The van der Waals surface area contributed by atoms with Gasteiger partial charge in [0.05, 0.1) is 18.8 Å². The first-order valence-corrected chi connectivity index (χ1v) is 17.8. The van der Waals surface area contributed by atoms with Crippen LogP contribution in [-0.4, -0.2) is 37.3 Å². The molecule has 3 saturated carbocycles. The first-order chi connectivity index (χ1) is 20.0. The number of fused-ring (bicyclic) bond motifs is 5. The predicted molar refractivity (Wildman–Crippen MR) is 168 cm³/mol. The third kappa shape index (κ3) is 4.25. The fourth-order valence-electron chi connectivity index (χ4n) is 9.88. The van der Waals surface area contributed by atoms with Crippen molar-refractivity contribution >= 4 is 23.9 Å². The summed E-state index contributed by atoms with van der Waals surface area (Å²) < 4.78 is 7.83. The normalized spacial score (nSPS) is 34.7. The van der Waals surface area contributed by atoms with Crippen molar-refractivity contribution in [2.75, 3.05) is 6.61 Å². The minimum Gasteiger partial charge on any atom is -0.401 e. The average Bonchev–Trinajstić information content (AvgIpc) is 3.36. The van der Waals surface area contributed by atoms with Crippen molar-refractivity contribution in [3.05, 3.63) is 103 Å². The molecule has 2 unspecified atom stereocenters. The summed E-state index contributed by atoms with van der Waals surface area (Å²) >= 11 is 0. The second-order valence-corrected chi connectivity index (χ2v) is 16.9. The highest BCUT2D eigenvalue weighted by Crippen LogP contribution is 2.66. The Kier molecular flexibility index (Phi) is 7.10. The molecule has 0 radical (unpaired) electrons. The minimum atomic E-state index is -2.79. The maximum absolute atomic E-state index is 10.8. The molecule has 0 aliphatic heterocycles. The molecule has 3 fully saturated rings. The summed E-state index contributed by atoms with van der Waals surface area (Å²) in [5, 5.41) is 25.2. The lowest BCUT2D eigenvalue weighted by molar-refractivity contribution is -0.0896. The predicted octanol–water partition coefficient (Wildman–Crippen LogP) is 5.33. The summed E-state index contributed by atoms with van der Waals surface area (Å²) in [4.78, 5) is 0. The second-order valence-electron chi connectivity index (χ2n) is 13.5. The van der Waals surface area contributed by atoms with E-state index in [0.29, 0.717) is 17.8 Å². The molecule has 0 saturated heterocycles. The molecule has 0 bridgehead atoms. The van der Waals surface area contributed by atoms with Crippen LogP contribution in [0.4, 0.5) is 0 Å². The molecule has 7 rings (SSSR count). The van der Waals surface area contributed by atoms with Gasteiger partial charge in [-0.05, 0) is 90.1 Å². The first kappa shape index (κ1) is 27.3. The van der Waals surface area contributed by atoms with E-state index < -0.39 is 8.32 Å². The van der Waals surface area contributed by atoms with Gasteiger partial charge in [0.15, 0.2) is 0 Å². The molecule has 7 atom stereocenters. The molecule has 0 heterocycles. The number of benzene rings is 3. The highest BCUT2D eigenvalue weighted by molar-refractivity contribution is 7.07. The van der Waals surface area contributed by atoms with Crippen molar-refractivity contribution in [2.45, 2.75) is 70.5 Å². The Bertz CT molecular complexity index is 1280. The average molecular weight is 565 g/mol. The maximum Gasteiger partial charge on any atom is 0.288 e. The van der Waals surface area contributed by atoms with Gasteiger partial charge in [-0.15, -0.1) is 0 Å². The number of hydrogen-bond acceptors (Lipinski definition) is 3. The van der Waals surface area contributed by atoms with E-state index in [1.165, 1.54) is 34.0 Å². The number of rotatable bonds is 6. The Labute approximate surface area is 246 Å². The maximum atomic E-state index is 10.8. The summed E-state index contributed by atoms with van der Waals surface area (Å²) in [5.74, 6) is 1.73. The van der Waals surface area contributed by atoms with Crippen molar-refractivity contribution in [2.24, 2.45) is 28.6 Å². The van der Waals surface area contributed by atoms with Gasteiger partial charge >= 0.3 is 0 Å². The van der Waals surface area contributed by atoms with Gasteiger partial charge in [-0.25, -0.2) is 0 Å². The van der Waals surface area contributed by atoms with Crippen molar-refractivity contribution < 1.29 is 14.6 Å². The van der Waals surface area contributed by atoms with Gasteiger partial charge in [0.2, 0.25) is 0 Å². The Morgan fingerprint density at radius 2 is 1.32 bits per heavy atom. The van der Waals surface area contributed by atoms with Crippen LogP contribution >= 0.6 is 0 Å². The van der Waals surface area contributed by atoms with Crippen molar-refractivity contribution in [1.82, 2.24) is 0 Å². The fourth-order valence-corrected chi connectivity index (χ4v) is 14.1. The zero-order valence-corrected chi connectivity index (χ0v) is 25.3. The van der Waals surface area contributed by atoms with Crippen LogP contribution in [0, 0.1) is 28.6 Å². The summed E-state index contributed by atoms with van der Waals surface area (Å²) in [6.07, 6.45) is 10.4. The molecular formula is C37H44O3Si. The SMILES string of the molecule is C[C@]12CC[C@@H]3[C@@H](CCC4=CC(O)CC[C@@]43CO)[C@@H]1CCC2O[Si](c1ccccc1)(c1ccccc1)c1ccccc1. The van der Waals surface area contributed by atoms with E-state index in [1.807, 2.05) is 0 Å². The zero-order valence-electron chi connectivity index (χ0n) is 24.3. The lowest BCUT2D eigenvalue weighted by Gasteiger charge is -2.59. The van der Waals surface area contributed by atoms with E-state index in [0.717, 1.165) is 38.5 Å². The molecule has 0 amide bonds. The molecule has 2 N–H and O–H groups in total. The third-order valence-electron chi connectivity index (χ3n) is 11.9. The van der Waals surface area contributed by atoms with Gasteiger partial charge in [-0.3, -0.25) is 0 Å². The van der Waals surface area contributed by atoms with Gasteiger partial charge in [0.1, 0.15) is 0 Å². The zero-order chi connectivity index (χ0) is 28.1. The molecule has 214 valence electrons. The van der Waals surface area contributed by atoms with E-state index >= 15 is 0 Å². The molecule has 4 aliphatic carbocycles. The molecule has 3 aromatic rings. The van der Waals surface area contributed by atoms with Crippen LogP contribution in [0.25, 0.3) is 0 Å². The lowest BCUT2D eigenvalue weighted by atomic mass is 9.47. The van der Waals surface area contributed by atoms with E-state index in [-0.39, 0.29) is 29.6 Å². The van der Waals surface area contributed by atoms with Crippen LogP contribution in [-0.2, 0) is 4.43 Å². The molecule has 3 nitrogen and oxygen atoms in total. The molecule has 4 heteroatoms. The quantitative estimate of drug-likeness (QED) is 0.242. The van der Waals surface area contributed by atoms with E-state index in [1.54, 1.807) is 0 Å². The van der Waals surface area contributed by atoms with Crippen LogP contribution in [0.1, 0.15) is 58.3 Å². The summed E-state index contributed by atoms with van der Waals surface area (Å²) in [5.41, 5.74) is 1.33. The molecule has 0 aromatic heterocycles. The van der Waals surface area contributed by atoms with Gasteiger partial charge < -0.3 is 14.6 Å². The van der Waals surface area contributed by atoms with Gasteiger partial charge in [-0.1, -0.05) is 110 Å². The van der Waals surface area contributed by atoms with Gasteiger partial charge in [-0.2, -0.15) is 0 Å². The highest BCUT2D eigenvalue weighted by atomic mass is 28.4. The van der Waals surface area contributed by atoms with Crippen molar-refractivity contribution in [3.63, 3.8) is 0 Å². The van der Waals surface area contributed by atoms with Crippen LogP contribution in [0.15, 0.2) is 103 Å². The van der Waals surface area contributed by atoms with Crippen LogP contribution in [0.5, 0.6) is 0 Å². The van der Waals surface area contributed by atoms with Crippen LogP contribution in [0.3, 0.4) is 0 Å². The Balaban J connectivity index is 1.28. The minimum absolute atomic E-state index is 0.115. The molecule has 0 spiro atoms. The molecule has 4 aliphatic rings. The first-order valence-electron chi connectivity index (χ1n) is 15.9. The fraction of sp³-hybridized carbons (Fsp3) is 0.459. The van der Waals surface area contributed by atoms with E-state index in [9.17, 15) is 10.2 Å². The van der Waals surface area contributed by atoms with Crippen molar-refractivity contribution in [3.8, 4) is 0 Å². The third-order valence-corrected chi connectivity index (χ3v) is 15.9. The van der Waals surface area contributed by atoms with E-state index in [4.69, 9.17) is 4.43 Å².